The molecule has 29 heavy (non-hydrogen) atoms. The van der Waals surface area contributed by atoms with Gasteiger partial charge in [-0.3, -0.25) is 9.78 Å². The minimum absolute atomic E-state index is 0.177. The Balaban J connectivity index is 1.74. The van der Waals surface area contributed by atoms with Crippen LogP contribution in [0.15, 0.2) is 60.7 Å². The summed E-state index contributed by atoms with van der Waals surface area (Å²) >= 11 is 0. The number of amides is 1. The lowest BCUT2D eigenvalue weighted by molar-refractivity contribution is 0.102. The molecule has 3 rings (SSSR count). The molecule has 1 amide bonds. The average Bonchev–Trinajstić information content (AvgIpc) is 2.68. The van der Waals surface area contributed by atoms with Crippen LogP contribution in [0, 0.1) is 6.92 Å². The molecule has 150 valence electrons. The molecule has 1 N–H and O–H groups in total. The highest BCUT2D eigenvalue weighted by Gasteiger charge is 2.13. The number of hydrogen-bond donors (Lipinski definition) is 1. The lowest BCUT2D eigenvalue weighted by Gasteiger charge is -2.12. The number of aromatic nitrogens is 1. The molecule has 1 heterocycles. The average molecular weight is 389 g/mol. The second-order valence-electron chi connectivity index (χ2n) is 7.83. The van der Waals surface area contributed by atoms with Crippen LogP contribution in [0.5, 0.6) is 11.5 Å². The van der Waals surface area contributed by atoms with Gasteiger partial charge in [0.05, 0.1) is 11.3 Å². The van der Waals surface area contributed by atoms with Crippen LogP contribution >= 0.6 is 0 Å². The third-order valence-electron chi connectivity index (χ3n) is 4.80. The summed E-state index contributed by atoms with van der Waals surface area (Å²) in [6, 6.07) is 19.2. The van der Waals surface area contributed by atoms with Gasteiger partial charge in [-0.25, -0.2) is 0 Å². The van der Waals surface area contributed by atoms with Crippen molar-refractivity contribution in [3.05, 3.63) is 83.2 Å². The van der Waals surface area contributed by atoms with E-state index in [0.29, 0.717) is 28.8 Å². The number of anilines is 1. The summed E-state index contributed by atoms with van der Waals surface area (Å²) in [5.41, 5.74) is 4.19. The van der Waals surface area contributed by atoms with Gasteiger partial charge in [0.15, 0.2) is 0 Å². The number of nitrogens with zero attached hydrogens (tertiary/aromatic N) is 1. The van der Waals surface area contributed by atoms with E-state index < -0.39 is 0 Å². The molecule has 4 nitrogen and oxygen atoms in total. The van der Waals surface area contributed by atoms with Crippen LogP contribution in [-0.2, 0) is 0 Å². The van der Waals surface area contributed by atoms with Gasteiger partial charge in [0.25, 0.3) is 5.91 Å². The molecule has 0 fully saturated rings. The summed E-state index contributed by atoms with van der Waals surface area (Å²) in [5.74, 6) is 2.04. The van der Waals surface area contributed by atoms with E-state index in [0.717, 1.165) is 17.1 Å². The molecule has 0 spiro atoms. The van der Waals surface area contributed by atoms with Crippen molar-refractivity contribution in [2.45, 2.75) is 46.5 Å². The SMILES string of the molecule is Cc1nc(C(C)C)ccc1C(=O)Nc1cccc(Oc2cccc(C(C)C)c2)c1. The van der Waals surface area contributed by atoms with E-state index in [4.69, 9.17) is 4.74 Å². The molecular weight excluding hydrogens is 360 g/mol. The smallest absolute Gasteiger partial charge is 0.257 e. The Morgan fingerprint density at radius 3 is 2.24 bits per heavy atom. The van der Waals surface area contributed by atoms with Crippen molar-refractivity contribution in [2.75, 3.05) is 5.32 Å². The third-order valence-corrected chi connectivity index (χ3v) is 4.80. The highest BCUT2D eigenvalue weighted by molar-refractivity contribution is 6.05. The van der Waals surface area contributed by atoms with Gasteiger partial charge < -0.3 is 10.1 Å². The maximum absolute atomic E-state index is 12.7. The Bertz CT molecular complexity index is 1010. The Morgan fingerprint density at radius 1 is 0.897 bits per heavy atom. The second kappa shape index (κ2) is 8.91. The molecule has 3 aromatic rings. The van der Waals surface area contributed by atoms with Crippen LogP contribution in [0.3, 0.4) is 0 Å². The normalized spacial score (nSPS) is 11.0. The molecular formula is C25H28N2O2. The molecule has 0 saturated carbocycles. The summed E-state index contributed by atoms with van der Waals surface area (Å²) in [4.78, 5) is 17.3. The molecule has 0 radical (unpaired) electrons. The Morgan fingerprint density at radius 2 is 1.59 bits per heavy atom. The van der Waals surface area contributed by atoms with Crippen molar-refractivity contribution >= 4 is 11.6 Å². The standard InChI is InChI=1S/C25H28N2O2/c1-16(2)19-8-6-10-21(14-19)29-22-11-7-9-20(15-22)27-25(28)23-12-13-24(17(3)4)26-18(23)5/h6-17H,1-5H3,(H,27,28). The third kappa shape index (κ3) is 5.23. The summed E-state index contributed by atoms with van der Waals surface area (Å²) in [7, 11) is 0. The largest absolute Gasteiger partial charge is 0.457 e. The zero-order valence-corrected chi connectivity index (χ0v) is 17.7. The number of pyridine rings is 1. The predicted octanol–water partition coefficient (Wildman–Crippen LogP) is 6.68. The number of benzene rings is 2. The number of carbonyl (C=O) groups excluding carboxylic acids is 1. The van der Waals surface area contributed by atoms with Gasteiger partial charge in [-0.2, -0.15) is 0 Å². The maximum Gasteiger partial charge on any atom is 0.257 e. The predicted molar refractivity (Wildman–Crippen MR) is 118 cm³/mol. The van der Waals surface area contributed by atoms with Crippen molar-refractivity contribution in [2.24, 2.45) is 0 Å². The van der Waals surface area contributed by atoms with Gasteiger partial charge in [0.2, 0.25) is 0 Å². The number of hydrogen-bond acceptors (Lipinski definition) is 3. The van der Waals surface area contributed by atoms with E-state index in [1.54, 1.807) is 0 Å². The molecule has 0 saturated heterocycles. The minimum Gasteiger partial charge on any atom is -0.457 e. The van der Waals surface area contributed by atoms with Crippen molar-refractivity contribution < 1.29 is 9.53 Å². The fraction of sp³-hybridized carbons (Fsp3) is 0.280. The summed E-state index contributed by atoms with van der Waals surface area (Å²) in [5, 5.41) is 2.94. The van der Waals surface area contributed by atoms with E-state index >= 15 is 0 Å². The van der Waals surface area contributed by atoms with Crippen LogP contribution in [0.4, 0.5) is 5.69 Å². The zero-order valence-electron chi connectivity index (χ0n) is 17.7. The van der Waals surface area contributed by atoms with E-state index in [1.807, 2.05) is 61.5 Å². The first-order valence-electron chi connectivity index (χ1n) is 10.00. The van der Waals surface area contributed by atoms with E-state index in [1.165, 1.54) is 5.56 Å². The number of aryl methyl sites for hydroxylation is 1. The van der Waals surface area contributed by atoms with Crippen molar-refractivity contribution in [3.8, 4) is 11.5 Å². The molecule has 0 bridgehead atoms. The fourth-order valence-corrected chi connectivity index (χ4v) is 3.05. The van der Waals surface area contributed by atoms with Crippen molar-refractivity contribution in [1.82, 2.24) is 4.98 Å². The molecule has 2 aromatic carbocycles. The minimum atomic E-state index is -0.177. The second-order valence-corrected chi connectivity index (χ2v) is 7.83. The first-order valence-corrected chi connectivity index (χ1v) is 10.00. The molecule has 0 aliphatic carbocycles. The van der Waals surface area contributed by atoms with Gasteiger partial charge in [0, 0.05) is 17.4 Å². The Kier molecular flexibility index (Phi) is 6.32. The van der Waals surface area contributed by atoms with Crippen molar-refractivity contribution in [1.29, 1.82) is 0 Å². The van der Waals surface area contributed by atoms with E-state index in [2.05, 4.69) is 44.1 Å². The molecule has 0 aliphatic heterocycles. The first kappa shape index (κ1) is 20.6. The summed E-state index contributed by atoms with van der Waals surface area (Å²) in [6.45, 7) is 10.3. The van der Waals surface area contributed by atoms with E-state index in [9.17, 15) is 4.79 Å². The molecule has 0 aliphatic rings. The van der Waals surface area contributed by atoms with E-state index in [-0.39, 0.29) is 5.91 Å². The highest BCUT2D eigenvalue weighted by atomic mass is 16.5. The van der Waals surface area contributed by atoms with Crippen molar-refractivity contribution in [3.63, 3.8) is 0 Å². The lowest BCUT2D eigenvalue weighted by Crippen LogP contribution is -2.14. The van der Waals surface area contributed by atoms with Gasteiger partial charge >= 0.3 is 0 Å². The Hall–Kier alpha value is -3.14. The Labute approximate surface area is 173 Å². The van der Waals surface area contributed by atoms with Gasteiger partial charge in [0.1, 0.15) is 11.5 Å². The van der Waals surface area contributed by atoms with Gasteiger partial charge in [-0.05, 0) is 60.7 Å². The lowest BCUT2D eigenvalue weighted by atomic mass is 10.0. The quantitative estimate of drug-likeness (QED) is 0.512. The first-order chi connectivity index (χ1) is 13.8. The summed E-state index contributed by atoms with van der Waals surface area (Å²) in [6.07, 6.45) is 0. The number of nitrogens with one attached hydrogen (secondary N) is 1. The van der Waals surface area contributed by atoms with Gasteiger partial charge in [-0.1, -0.05) is 45.9 Å². The monoisotopic (exact) mass is 388 g/mol. The zero-order chi connectivity index (χ0) is 21.0. The maximum atomic E-state index is 12.7. The molecule has 4 heteroatoms. The summed E-state index contributed by atoms with van der Waals surface area (Å²) < 4.78 is 6.00. The highest BCUT2D eigenvalue weighted by Crippen LogP contribution is 2.27. The van der Waals surface area contributed by atoms with Crippen LogP contribution in [0.2, 0.25) is 0 Å². The van der Waals surface area contributed by atoms with Crippen LogP contribution in [0.25, 0.3) is 0 Å². The van der Waals surface area contributed by atoms with Crippen LogP contribution in [0.1, 0.15) is 66.8 Å². The van der Waals surface area contributed by atoms with Crippen LogP contribution in [-0.4, -0.2) is 10.9 Å². The topological polar surface area (TPSA) is 51.2 Å². The van der Waals surface area contributed by atoms with Crippen LogP contribution < -0.4 is 10.1 Å². The molecule has 1 aromatic heterocycles. The number of rotatable bonds is 6. The molecule has 0 unspecified atom stereocenters. The van der Waals surface area contributed by atoms with Gasteiger partial charge in [-0.15, -0.1) is 0 Å². The number of carbonyl (C=O) groups is 1. The molecule has 0 atom stereocenters. The number of ether oxygens (including phenoxy) is 1. The fourth-order valence-electron chi connectivity index (χ4n) is 3.05.